The van der Waals surface area contributed by atoms with E-state index in [2.05, 4.69) is 76.4 Å². The number of halogens is 3. The van der Waals surface area contributed by atoms with Crippen molar-refractivity contribution >= 4 is 85.8 Å². The molecule has 0 aliphatic carbocycles. The second kappa shape index (κ2) is 12.0. The van der Waals surface area contributed by atoms with Gasteiger partial charge < -0.3 is 9.47 Å². The first-order chi connectivity index (χ1) is 16.8. The number of aryl methyl sites for hydroxylation is 1. The summed E-state index contributed by atoms with van der Waals surface area (Å²) in [4.78, 5) is 26.9. The maximum atomic E-state index is 12.8. The number of carbonyl (C=O) groups is 2. The molecule has 3 aromatic rings. The lowest BCUT2D eigenvalue weighted by molar-refractivity contribution is -0.123. The lowest BCUT2D eigenvalue weighted by Gasteiger charge is -2.13. The molecule has 1 aliphatic heterocycles. The Kier molecular flexibility index (Phi) is 9.01. The summed E-state index contributed by atoms with van der Waals surface area (Å²) in [5.41, 5.74) is 3.14. The molecule has 180 valence electrons. The van der Waals surface area contributed by atoms with E-state index in [9.17, 15) is 9.59 Å². The monoisotopic (exact) mass is 731 g/mol. The van der Waals surface area contributed by atoms with Gasteiger partial charge in [-0.05, 0) is 117 Å². The van der Waals surface area contributed by atoms with Crippen LogP contribution in [0.25, 0.3) is 6.08 Å². The quantitative estimate of drug-likeness (QED) is 0.177. The molecule has 0 radical (unpaired) electrons. The number of rotatable bonds is 8. The van der Waals surface area contributed by atoms with E-state index in [4.69, 9.17) is 21.1 Å². The first kappa shape index (κ1) is 26.3. The fourth-order valence-corrected chi connectivity index (χ4v) is 6.39. The van der Waals surface area contributed by atoms with Gasteiger partial charge in [0.15, 0.2) is 0 Å². The summed E-state index contributed by atoms with van der Waals surface area (Å²) in [6.45, 7) is 2.91. The maximum absolute atomic E-state index is 12.8. The number of benzene rings is 3. The molecular formula is C26H20ClI2NO4S. The van der Waals surface area contributed by atoms with Crippen LogP contribution in [0.2, 0.25) is 5.02 Å². The Hall–Kier alpha value is -1.76. The molecule has 1 fully saturated rings. The van der Waals surface area contributed by atoms with Gasteiger partial charge in [-0.2, -0.15) is 0 Å². The number of ether oxygens (including phenoxy) is 2. The summed E-state index contributed by atoms with van der Waals surface area (Å²) >= 11 is 11.3. The van der Waals surface area contributed by atoms with Crippen molar-refractivity contribution in [2.24, 2.45) is 0 Å². The molecule has 9 heteroatoms. The van der Waals surface area contributed by atoms with Crippen LogP contribution < -0.4 is 9.47 Å². The highest BCUT2D eigenvalue weighted by molar-refractivity contribution is 14.1. The molecule has 0 N–H and O–H groups in total. The van der Waals surface area contributed by atoms with Crippen molar-refractivity contribution in [1.82, 2.24) is 4.90 Å². The largest absolute Gasteiger partial charge is 0.492 e. The van der Waals surface area contributed by atoms with Gasteiger partial charge in [-0.1, -0.05) is 41.4 Å². The molecule has 3 aromatic carbocycles. The number of carbonyl (C=O) groups excluding carboxylic acids is 2. The average Bonchev–Trinajstić information content (AvgIpc) is 3.08. The van der Waals surface area contributed by atoms with E-state index in [-0.39, 0.29) is 24.3 Å². The van der Waals surface area contributed by atoms with Crippen LogP contribution in [0.5, 0.6) is 11.5 Å². The average molecular weight is 732 g/mol. The van der Waals surface area contributed by atoms with Crippen LogP contribution >= 0.6 is 68.5 Å². The van der Waals surface area contributed by atoms with Crippen molar-refractivity contribution in [3.8, 4) is 11.5 Å². The van der Waals surface area contributed by atoms with Crippen molar-refractivity contribution in [2.75, 3.05) is 13.2 Å². The number of hydrogen-bond acceptors (Lipinski definition) is 5. The topological polar surface area (TPSA) is 55.8 Å². The first-order valence-corrected chi connectivity index (χ1v) is 14.0. The van der Waals surface area contributed by atoms with Gasteiger partial charge in [-0.15, -0.1) is 0 Å². The van der Waals surface area contributed by atoms with E-state index >= 15 is 0 Å². The van der Waals surface area contributed by atoms with Crippen molar-refractivity contribution in [2.45, 2.75) is 13.5 Å². The summed E-state index contributed by atoms with van der Waals surface area (Å²) in [5.74, 6) is 1.12. The number of amides is 2. The zero-order chi connectivity index (χ0) is 24.9. The molecule has 5 nitrogen and oxygen atoms in total. The van der Waals surface area contributed by atoms with Crippen LogP contribution in [0.1, 0.15) is 16.7 Å². The van der Waals surface area contributed by atoms with Crippen molar-refractivity contribution in [1.29, 1.82) is 0 Å². The Morgan fingerprint density at radius 2 is 1.63 bits per heavy atom. The molecule has 0 bridgehead atoms. The predicted molar refractivity (Wildman–Crippen MR) is 157 cm³/mol. The molecule has 0 spiro atoms. The Morgan fingerprint density at radius 1 is 0.971 bits per heavy atom. The molecule has 1 saturated heterocycles. The van der Waals surface area contributed by atoms with Gasteiger partial charge in [0.05, 0.1) is 18.6 Å². The van der Waals surface area contributed by atoms with Crippen molar-refractivity contribution < 1.29 is 19.1 Å². The highest BCUT2D eigenvalue weighted by Gasteiger charge is 2.34. The lowest BCUT2D eigenvalue weighted by atomic mass is 10.1. The van der Waals surface area contributed by atoms with Crippen LogP contribution in [0.3, 0.4) is 0 Å². The number of imide groups is 1. The van der Waals surface area contributed by atoms with Crippen LogP contribution in [-0.4, -0.2) is 29.2 Å². The number of thioether (sulfide) groups is 1. The molecular weight excluding hydrogens is 712 g/mol. The zero-order valence-corrected chi connectivity index (χ0v) is 24.5. The summed E-state index contributed by atoms with van der Waals surface area (Å²) in [7, 11) is 0. The zero-order valence-electron chi connectivity index (χ0n) is 18.6. The molecule has 1 heterocycles. The van der Waals surface area contributed by atoms with Gasteiger partial charge in [-0.3, -0.25) is 14.5 Å². The highest BCUT2D eigenvalue weighted by atomic mass is 127. The van der Waals surface area contributed by atoms with Gasteiger partial charge >= 0.3 is 0 Å². The molecule has 1 aliphatic rings. The van der Waals surface area contributed by atoms with Gasteiger partial charge in [0.2, 0.25) is 0 Å². The van der Waals surface area contributed by atoms with Gasteiger partial charge in [0, 0.05) is 5.02 Å². The molecule has 0 saturated carbocycles. The molecule has 35 heavy (non-hydrogen) atoms. The van der Waals surface area contributed by atoms with Crippen LogP contribution in [0.4, 0.5) is 4.79 Å². The van der Waals surface area contributed by atoms with Crippen molar-refractivity contribution in [3.63, 3.8) is 0 Å². The van der Waals surface area contributed by atoms with Crippen LogP contribution in [-0.2, 0) is 11.4 Å². The van der Waals surface area contributed by atoms with E-state index in [0.717, 1.165) is 35.8 Å². The predicted octanol–water partition coefficient (Wildman–Crippen LogP) is 7.55. The minimum absolute atomic E-state index is 0.172. The molecule has 0 aromatic heterocycles. The van der Waals surface area contributed by atoms with Crippen LogP contribution in [0, 0.1) is 14.1 Å². The molecule has 4 rings (SSSR count). The standard InChI is InChI=1S/C26H20ClI2NO4S/c1-16-2-4-17(5-3-16)15-34-24-21(28)12-18(13-22(24)29)14-23-25(31)30(26(32)35-23)10-11-33-20-8-6-19(27)7-9-20/h2-9,12-14H,10-11,15H2,1H3/b23-14-. The van der Waals surface area contributed by atoms with Gasteiger partial charge in [0.1, 0.15) is 24.7 Å². The third kappa shape index (κ3) is 6.93. The number of nitrogens with zero attached hydrogens (tertiary/aromatic N) is 1. The Morgan fingerprint density at radius 3 is 2.29 bits per heavy atom. The highest BCUT2D eigenvalue weighted by Crippen LogP contribution is 2.35. The van der Waals surface area contributed by atoms with E-state index in [1.54, 1.807) is 30.3 Å². The number of hydrogen-bond donors (Lipinski definition) is 0. The molecule has 0 unspecified atom stereocenters. The van der Waals surface area contributed by atoms with Crippen molar-refractivity contribution in [3.05, 3.63) is 94.4 Å². The first-order valence-electron chi connectivity index (χ1n) is 10.6. The summed E-state index contributed by atoms with van der Waals surface area (Å²) in [6, 6.07) is 19.1. The smallest absolute Gasteiger partial charge is 0.293 e. The fraction of sp³-hybridized carbons (Fsp3) is 0.154. The minimum atomic E-state index is -0.315. The summed E-state index contributed by atoms with van der Waals surface area (Å²) < 4.78 is 13.6. The van der Waals surface area contributed by atoms with E-state index in [1.807, 2.05) is 12.1 Å². The SMILES string of the molecule is Cc1ccc(COc2c(I)cc(/C=C3\SC(=O)N(CCOc4ccc(Cl)cc4)C3=O)cc2I)cc1. The Balaban J connectivity index is 1.40. The minimum Gasteiger partial charge on any atom is -0.492 e. The van der Waals surface area contributed by atoms with E-state index in [1.165, 1.54) is 10.5 Å². The summed E-state index contributed by atoms with van der Waals surface area (Å²) in [5, 5.41) is 0.312. The Labute approximate surface area is 240 Å². The lowest BCUT2D eigenvalue weighted by Crippen LogP contribution is -2.32. The fourth-order valence-electron chi connectivity index (χ4n) is 3.27. The van der Waals surface area contributed by atoms with E-state index in [0.29, 0.717) is 22.3 Å². The van der Waals surface area contributed by atoms with E-state index < -0.39 is 0 Å². The molecule has 0 atom stereocenters. The third-order valence-electron chi connectivity index (χ3n) is 5.09. The Bertz CT molecular complexity index is 1260. The second-order valence-corrected chi connectivity index (χ2v) is 11.5. The normalized spacial score (nSPS) is 14.6. The van der Waals surface area contributed by atoms with Gasteiger partial charge in [-0.25, -0.2) is 0 Å². The maximum Gasteiger partial charge on any atom is 0.293 e. The second-order valence-electron chi connectivity index (χ2n) is 7.72. The summed E-state index contributed by atoms with van der Waals surface area (Å²) in [6.07, 6.45) is 1.75. The van der Waals surface area contributed by atoms with Crippen LogP contribution in [0.15, 0.2) is 65.6 Å². The van der Waals surface area contributed by atoms with Gasteiger partial charge in [0.25, 0.3) is 11.1 Å². The molecule has 2 amide bonds. The third-order valence-corrected chi connectivity index (χ3v) is 7.85.